The average molecular weight is 881 g/mol. The van der Waals surface area contributed by atoms with Gasteiger partial charge in [0.05, 0.1) is 0 Å². The van der Waals surface area contributed by atoms with Gasteiger partial charge in [0.25, 0.3) is 0 Å². The van der Waals surface area contributed by atoms with E-state index in [1.807, 2.05) is 18.2 Å². The summed E-state index contributed by atoms with van der Waals surface area (Å²) < 4.78 is 17.9. The zero-order chi connectivity index (χ0) is 46.7. The summed E-state index contributed by atoms with van der Waals surface area (Å²) in [6, 6.07) is 6.14. The van der Waals surface area contributed by atoms with E-state index in [0.717, 1.165) is 144 Å². The molecule has 0 aliphatic heterocycles. The fraction of sp³-hybridized carbons (Fsp3) is 0.618. The van der Waals surface area contributed by atoms with E-state index in [0.29, 0.717) is 36.5 Å². The van der Waals surface area contributed by atoms with E-state index in [1.165, 1.54) is 0 Å². The zero-order valence-corrected chi connectivity index (χ0v) is 40.6. The fourth-order valence-electron chi connectivity index (χ4n) is 10.2. The molecule has 0 saturated carbocycles. The Morgan fingerprint density at radius 1 is 0.484 bits per heavy atom. The topological polar surface area (TPSA) is 140 Å². The Balaban J connectivity index is 1.17. The van der Waals surface area contributed by atoms with Crippen LogP contribution in [0, 0.1) is 0 Å². The average Bonchev–Trinajstić information content (AvgIpc) is 3.23. The molecule has 0 amide bonds. The summed E-state index contributed by atoms with van der Waals surface area (Å²) in [7, 11) is 0. The van der Waals surface area contributed by atoms with E-state index in [-0.39, 0.29) is 42.1 Å². The molecule has 3 aromatic carbocycles. The maximum atomic E-state index is 13.8. The largest absolute Gasteiger partial charge is 0.507 e. The molecule has 3 N–H and O–H groups in total. The fourth-order valence-corrected chi connectivity index (χ4v) is 10.2. The van der Waals surface area contributed by atoms with E-state index in [1.54, 1.807) is 6.92 Å². The van der Waals surface area contributed by atoms with Crippen LogP contribution in [0.3, 0.4) is 0 Å². The van der Waals surface area contributed by atoms with Gasteiger partial charge in [-0.25, -0.2) is 0 Å². The first kappa shape index (κ1) is 48.9. The molecule has 64 heavy (non-hydrogen) atoms. The number of esters is 3. The summed E-state index contributed by atoms with van der Waals surface area (Å²) in [6.07, 6.45) is 10.8. The molecule has 3 aliphatic rings. The highest BCUT2D eigenvalue weighted by molar-refractivity contribution is 5.72. The Hall–Kier alpha value is -4.53. The van der Waals surface area contributed by atoms with Crippen LogP contribution in [0.1, 0.15) is 194 Å². The van der Waals surface area contributed by atoms with Crippen LogP contribution in [0.15, 0.2) is 18.2 Å². The number of aryl methyl sites for hydroxylation is 3. The lowest BCUT2D eigenvalue weighted by Gasteiger charge is -2.28. The monoisotopic (exact) mass is 881 g/mol. The smallest absolute Gasteiger partial charge is 0.306 e. The first-order chi connectivity index (χ1) is 30.0. The van der Waals surface area contributed by atoms with Gasteiger partial charge < -0.3 is 29.5 Å². The predicted octanol–water partition coefficient (Wildman–Crippen LogP) is 10.9. The highest BCUT2D eigenvalue weighted by atomic mass is 16.6. The number of carbonyl (C=O) groups is 3. The quantitative estimate of drug-likeness (QED) is 0.107. The molecule has 0 saturated heterocycles. The molecule has 0 spiro atoms. The van der Waals surface area contributed by atoms with Gasteiger partial charge in [0.1, 0.15) is 30.0 Å². The number of hydrogen-bond acceptors (Lipinski definition) is 9. The van der Waals surface area contributed by atoms with Crippen LogP contribution in [0.2, 0.25) is 0 Å². The second-order valence-corrected chi connectivity index (χ2v) is 21.9. The van der Waals surface area contributed by atoms with Crippen molar-refractivity contribution in [1.29, 1.82) is 0 Å². The maximum Gasteiger partial charge on any atom is 0.306 e. The lowest BCUT2D eigenvalue weighted by Crippen LogP contribution is -2.37. The van der Waals surface area contributed by atoms with Crippen LogP contribution >= 0.6 is 0 Å². The Bertz CT molecular complexity index is 2210. The molecule has 0 aromatic heterocycles. The summed E-state index contributed by atoms with van der Waals surface area (Å²) in [6.45, 7) is 20.1. The van der Waals surface area contributed by atoms with Crippen molar-refractivity contribution in [3.05, 3.63) is 85.0 Å². The predicted molar refractivity (Wildman–Crippen MR) is 252 cm³/mol. The summed E-state index contributed by atoms with van der Waals surface area (Å²) in [4.78, 5) is 40.9. The number of aromatic hydroxyl groups is 3. The molecule has 0 heterocycles. The first-order valence-corrected chi connectivity index (χ1v) is 24.2. The normalized spacial score (nSPS) is 16.2. The SMILES string of the molecule is CC(OC(=O)CCc1cc(C(C)(C)C)c(O)c2c1CCCC2)C(COC(=O)CCc1cc(C(C)(C)C)c(O)c2c1CCCC2)OC(=O)CCc1cc(C(C)(C)C)c(O)c2c1CCCC2. The van der Waals surface area contributed by atoms with Gasteiger partial charge in [0.2, 0.25) is 0 Å². The summed E-state index contributed by atoms with van der Waals surface area (Å²) in [5.74, 6) is -0.281. The lowest BCUT2D eigenvalue weighted by atomic mass is 9.78. The third-order valence-corrected chi connectivity index (χ3v) is 13.9. The Morgan fingerprint density at radius 2 is 0.781 bits per heavy atom. The van der Waals surface area contributed by atoms with E-state index in [2.05, 4.69) is 62.3 Å². The molecule has 0 fully saturated rings. The van der Waals surface area contributed by atoms with Crippen molar-refractivity contribution in [3.8, 4) is 17.2 Å². The van der Waals surface area contributed by atoms with E-state index >= 15 is 0 Å². The molecule has 9 heteroatoms. The molecule has 2 unspecified atom stereocenters. The number of rotatable bonds is 14. The van der Waals surface area contributed by atoms with E-state index in [9.17, 15) is 29.7 Å². The number of benzene rings is 3. The molecule has 9 nitrogen and oxygen atoms in total. The number of phenolic OH excluding ortho intramolecular Hbond substituents is 3. The van der Waals surface area contributed by atoms with Gasteiger partial charge in [0, 0.05) is 19.3 Å². The minimum absolute atomic E-state index is 0.0655. The van der Waals surface area contributed by atoms with Crippen molar-refractivity contribution in [1.82, 2.24) is 0 Å². The Kier molecular flexibility index (Phi) is 15.2. The van der Waals surface area contributed by atoms with Crippen LogP contribution in [0.4, 0.5) is 0 Å². The van der Waals surface area contributed by atoms with Crippen LogP contribution < -0.4 is 0 Å². The van der Waals surface area contributed by atoms with Crippen molar-refractivity contribution in [2.24, 2.45) is 0 Å². The van der Waals surface area contributed by atoms with E-state index in [4.69, 9.17) is 14.2 Å². The number of carbonyl (C=O) groups excluding carboxylic acids is 3. The Morgan fingerprint density at radius 3 is 1.11 bits per heavy atom. The third kappa shape index (κ3) is 11.5. The third-order valence-electron chi connectivity index (χ3n) is 13.9. The molecule has 3 aliphatic carbocycles. The van der Waals surface area contributed by atoms with Crippen molar-refractivity contribution >= 4 is 17.9 Å². The van der Waals surface area contributed by atoms with Crippen LogP contribution in [0.25, 0.3) is 0 Å². The zero-order valence-electron chi connectivity index (χ0n) is 40.6. The van der Waals surface area contributed by atoms with Crippen LogP contribution in [-0.4, -0.2) is 52.0 Å². The van der Waals surface area contributed by atoms with Gasteiger partial charge in [-0.15, -0.1) is 0 Å². The lowest BCUT2D eigenvalue weighted by molar-refractivity contribution is -0.174. The van der Waals surface area contributed by atoms with E-state index < -0.39 is 30.1 Å². The molecule has 0 radical (unpaired) electrons. The van der Waals surface area contributed by atoms with Gasteiger partial charge >= 0.3 is 17.9 Å². The molecule has 6 rings (SSSR count). The minimum atomic E-state index is -1.04. The molecular formula is C55H76O9. The van der Waals surface area contributed by atoms with Crippen molar-refractivity contribution in [2.45, 2.75) is 213 Å². The second kappa shape index (κ2) is 19.9. The van der Waals surface area contributed by atoms with Crippen LogP contribution in [0.5, 0.6) is 17.2 Å². The number of hydrogen-bond donors (Lipinski definition) is 3. The van der Waals surface area contributed by atoms with Gasteiger partial charge in [-0.1, -0.05) is 80.5 Å². The number of fused-ring (bicyclic) bond motifs is 3. The number of phenols is 3. The highest BCUT2D eigenvalue weighted by Gasteiger charge is 2.32. The summed E-state index contributed by atoms with van der Waals surface area (Å²) in [5.41, 5.74) is 11.3. The van der Waals surface area contributed by atoms with Gasteiger partial charge in [-0.3, -0.25) is 14.4 Å². The van der Waals surface area contributed by atoms with Crippen molar-refractivity contribution in [3.63, 3.8) is 0 Å². The Labute approximate surface area is 382 Å². The summed E-state index contributed by atoms with van der Waals surface area (Å²) in [5, 5.41) is 33.7. The molecule has 350 valence electrons. The van der Waals surface area contributed by atoms with Crippen LogP contribution in [-0.2, 0) is 103 Å². The molecule has 3 aromatic rings. The summed E-state index contributed by atoms with van der Waals surface area (Å²) >= 11 is 0. The van der Waals surface area contributed by atoms with Crippen molar-refractivity contribution in [2.75, 3.05) is 6.61 Å². The van der Waals surface area contributed by atoms with Crippen molar-refractivity contribution < 1.29 is 43.9 Å². The number of ether oxygens (including phenoxy) is 3. The molecular weight excluding hydrogens is 805 g/mol. The minimum Gasteiger partial charge on any atom is -0.507 e. The highest BCUT2D eigenvalue weighted by Crippen LogP contribution is 2.43. The standard InChI is InChI=1S/C55H76O9/c1-33(63-48(57)27-24-35-30-44(54(5,6)7)51(60)41-21-15-12-18-38(35)41)46(64-49(58)28-25-36-31-45(55(8,9)10)52(61)42-22-16-13-19-39(36)42)32-62-47(56)26-23-34-29-43(53(2,3)4)50(59)40-20-14-11-17-37(34)40/h29-31,33,46,59-61H,11-28,32H2,1-10H3. The van der Waals surface area contributed by atoms with Gasteiger partial charge in [0.15, 0.2) is 6.10 Å². The maximum absolute atomic E-state index is 13.8. The molecule has 2 atom stereocenters. The second-order valence-electron chi connectivity index (χ2n) is 21.9. The van der Waals surface area contributed by atoms with Gasteiger partial charge in [-0.05, 0) is 186 Å². The first-order valence-electron chi connectivity index (χ1n) is 24.2. The molecule has 0 bridgehead atoms. The van der Waals surface area contributed by atoms with Gasteiger partial charge in [-0.2, -0.15) is 0 Å².